The third-order valence-electron chi connectivity index (χ3n) is 4.53. The molecule has 0 spiro atoms. The molecule has 0 heterocycles. The van der Waals surface area contributed by atoms with Gasteiger partial charge in [-0.25, -0.2) is 4.79 Å². The minimum Gasteiger partial charge on any atom is -0.480 e. The van der Waals surface area contributed by atoms with Crippen molar-refractivity contribution in [3.05, 3.63) is 10.4 Å². The van der Waals surface area contributed by atoms with Crippen LogP contribution in [0.3, 0.4) is 0 Å². The van der Waals surface area contributed by atoms with Gasteiger partial charge < -0.3 is 45.7 Å². The zero-order valence-corrected chi connectivity index (χ0v) is 21.6. The lowest BCUT2D eigenvalue weighted by atomic mass is 10.1. The number of carboxylic acids is 1. The molecule has 0 aliphatic heterocycles. The minimum atomic E-state index is -1.52. The molecule has 3 atom stereocenters. The maximum Gasteiger partial charge on any atom is 0.326 e. The number of ether oxygens (including phenoxy) is 4. The Morgan fingerprint density at radius 2 is 1.29 bits per heavy atom. The molecule has 0 aliphatic carbocycles. The number of amides is 4. The van der Waals surface area contributed by atoms with Gasteiger partial charge in [-0.1, -0.05) is 5.11 Å². The molecule has 0 saturated heterocycles. The van der Waals surface area contributed by atoms with Gasteiger partial charge in [0.15, 0.2) is 0 Å². The normalized spacial score (nSPS) is 12.9. The van der Waals surface area contributed by atoms with Gasteiger partial charge in [-0.2, -0.15) is 0 Å². The summed E-state index contributed by atoms with van der Waals surface area (Å²) in [4.78, 5) is 61.0. The second-order valence-corrected chi connectivity index (χ2v) is 7.74. The zero-order valence-electron chi connectivity index (χ0n) is 21.6. The van der Waals surface area contributed by atoms with Crippen molar-refractivity contribution >= 4 is 29.6 Å². The van der Waals surface area contributed by atoms with Crippen LogP contribution in [0.25, 0.3) is 10.4 Å². The molecule has 0 aromatic heterocycles. The molecule has 0 rings (SSSR count). The molecule has 0 radical (unpaired) electrons. The Morgan fingerprint density at radius 1 is 0.816 bits per heavy atom. The number of azide groups is 1. The monoisotopic (exact) mass is 547 g/mol. The lowest BCUT2D eigenvalue weighted by molar-refractivity contribution is -0.143. The molecule has 0 aliphatic rings. The topological polar surface area (TPSA) is 253 Å². The van der Waals surface area contributed by atoms with Crippen molar-refractivity contribution in [2.75, 3.05) is 59.4 Å². The first kappa shape index (κ1) is 34.5. The molecule has 38 heavy (non-hydrogen) atoms. The van der Waals surface area contributed by atoms with Gasteiger partial charge in [-0.05, 0) is 19.4 Å². The van der Waals surface area contributed by atoms with E-state index in [4.69, 9.17) is 35.3 Å². The van der Waals surface area contributed by atoms with E-state index in [9.17, 15) is 24.0 Å². The van der Waals surface area contributed by atoms with E-state index in [1.54, 1.807) is 0 Å². The first-order valence-electron chi connectivity index (χ1n) is 11.8. The van der Waals surface area contributed by atoms with Gasteiger partial charge in [-0.3, -0.25) is 19.2 Å². The summed E-state index contributed by atoms with van der Waals surface area (Å²) in [5, 5.41) is 19.3. The van der Waals surface area contributed by atoms with Gasteiger partial charge in [0.2, 0.25) is 23.6 Å². The van der Waals surface area contributed by atoms with Crippen molar-refractivity contribution in [3.63, 3.8) is 0 Å². The Labute approximate surface area is 219 Å². The van der Waals surface area contributed by atoms with Crippen molar-refractivity contribution in [3.8, 4) is 0 Å². The Bertz CT molecular complexity index is 807. The van der Waals surface area contributed by atoms with Gasteiger partial charge in [0.1, 0.15) is 18.1 Å². The average Bonchev–Trinajstić information content (AvgIpc) is 2.85. The molecular weight excluding hydrogens is 510 g/mol. The first-order chi connectivity index (χ1) is 18.1. The van der Waals surface area contributed by atoms with Crippen molar-refractivity contribution in [1.29, 1.82) is 0 Å². The van der Waals surface area contributed by atoms with Crippen LogP contribution >= 0.6 is 0 Å². The Hall–Kier alpha value is -3.50. The number of carboxylic acid groups (broad SMARTS) is 1. The number of aliphatic carboxylic acids is 1. The number of hydrogen-bond donors (Lipinski definition) is 5. The van der Waals surface area contributed by atoms with E-state index in [-0.39, 0.29) is 26.2 Å². The molecule has 0 fully saturated rings. The van der Waals surface area contributed by atoms with E-state index in [0.717, 1.165) is 0 Å². The van der Waals surface area contributed by atoms with E-state index in [2.05, 4.69) is 26.0 Å². The summed E-state index contributed by atoms with van der Waals surface area (Å²) in [6, 6.07) is -3.63. The van der Waals surface area contributed by atoms with Crippen LogP contribution in [0.4, 0.5) is 0 Å². The van der Waals surface area contributed by atoms with Crippen LogP contribution in [-0.4, -0.2) is 112 Å². The highest BCUT2D eigenvalue weighted by atomic mass is 16.6. The summed E-state index contributed by atoms with van der Waals surface area (Å²) in [7, 11) is 0. The van der Waals surface area contributed by atoms with Crippen LogP contribution in [0.1, 0.15) is 26.7 Å². The molecule has 0 aromatic carbocycles. The van der Waals surface area contributed by atoms with Crippen molar-refractivity contribution < 1.29 is 48.0 Å². The highest BCUT2D eigenvalue weighted by Gasteiger charge is 2.26. The molecule has 0 unspecified atom stereocenters. The van der Waals surface area contributed by atoms with Gasteiger partial charge >= 0.3 is 5.97 Å². The van der Waals surface area contributed by atoms with Crippen LogP contribution in [0.5, 0.6) is 0 Å². The maximum atomic E-state index is 12.2. The van der Waals surface area contributed by atoms with Crippen molar-refractivity contribution in [1.82, 2.24) is 16.0 Å². The summed E-state index contributed by atoms with van der Waals surface area (Å²) in [5.41, 5.74) is 13.1. The van der Waals surface area contributed by atoms with E-state index < -0.39 is 54.1 Å². The lowest BCUT2D eigenvalue weighted by Crippen LogP contribution is -2.54. The quantitative estimate of drug-likeness (QED) is 0.0415. The standard InChI is InChI=1S/C21H37N7O10/c1-14(19(31)26-15(2)20(32)27-16(21(33)34)13-17(22)29)25-18(30)3-5-35-7-9-37-11-12-38-10-8-36-6-4-24-28-23/h14-16H,3-13H2,1-2H3,(H2,22,29)(H,25,30)(H,26,31)(H,27,32)(H,33,34)/t14-,15-,16-/m0/s1. The Balaban J connectivity index is 3.91. The molecule has 4 amide bonds. The summed E-state index contributed by atoms with van der Waals surface area (Å²) >= 11 is 0. The zero-order chi connectivity index (χ0) is 28.8. The van der Waals surface area contributed by atoms with Crippen LogP contribution < -0.4 is 21.7 Å². The fourth-order valence-electron chi connectivity index (χ4n) is 2.56. The minimum absolute atomic E-state index is 0.0101. The molecular formula is C21H37N7O10. The van der Waals surface area contributed by atoms with Crippen molar-refractivity contribution in [2.24, 2.45) is 10.8 Å². The predicted octanol–water partition coefficient (Wildman–Crippen LogP) is -1.79. The Morgan fingerprint density at radius 3 is 1.79 bits per heavy atom. The fourth-order valence-corrected chi connectivity index (χ4v) is 2.56. The first-order valence-corrected chi connectivity index (χ1v) is 11.8. The predicted molar refractivity (Wildman–Crippen MR) is 130 cm³/mol. The third-order valence-corrected chi connectivity index (χ3v) is 4.53. The van der Waals surface area contributed by atoms with Crippen LogP contribution in [0, 0.1) is 0 Å². The smallest absolute Gasteiger partial charge is 0.326 e. The highest BCUT2D eigenvalue weighted by Crippen LogP contribution is 1.95. The van der Waals surface area contributed by atoms with Crippen LogP contribution in [-0.2, 0) is 42.9 Å². The summed E-state index contributed by atoms with van der Waals surface area (Å²) in [5.74, 6) is -4.31. The number of rotatable bonds is 23. The number of carbonyl (C=O) groups is 5. The van der Waals surface area contributed by atoms with E-state index >= 15 is 0 Å². The van der Waals surface area contributed by atoms with E-state index in [1.165, 1.54) is 13.8 Å². The number of primary amides is 1. The average molecular weight is 548 g/mol. The van der Waals surface area contributed by atoms with E-state index in [0.29, 0.717) is 39.6 Å². The fraction of sp³-hybridized carbons (Fsp3) is 0.762. The summed E-state index contributed by atoms with van der Waals surface area (Å²) in [6.45, 7) is 5.49. The number of hydrogen-bond acceptors (Lipinski definition) is 10. The number of nitrogens with one attached hydrogen (secondary N) is 3. The van der Waals surface area contributed by atoms with Crippen LogP contribution in [0.15, 0.2) is 5.11 Å². The maximum absolute atomic E-state index is 12.2. The number of nitrogens with two attached hydrogens (primary N) is 1. The highest BCUT2D eigenvalue weighted by molar-refractivity contribution is 5.93. The number of carbonyl (C=O) groups excluding carboxylic acids is 4. The van der Waals surface area contributed by atoms with Gasteiger partial charge in [0, 0.05) is 17.9 Å². The summed E-state index contributed by atoms with van der Waals surface area (Å²) in [6.07, 6.45) is -0.611. The molecule has 0 saturated carbocycles. The van der Waals surface area contributed by atoms with Gasteiger partial charge in [0.25, 0.3) is 0 Å². The van der Waals surface area contributed by atoms with Gasteiger partial charge in [0.05, 0.1) is 59.3 Å². The third kappa shape index (κ3) is 18.7. The number of nitrogens with zero attached hydrogens (tertiary/aromatic N) is 3. The van der Waals surface area contributed by atoms with Gasteiger partial charge in [-0.15, -0.1) is 0 Å². The van der Waals surface area contributed by atoms with Crippen molar-refractivity contribution in [2.45, 2.75) is 44.8 Å². The molecule has 17 heteroatoms. The molecule has 0 aromatic rings. The lowest BCUT2D eigenvalue weighted by Gasteiger charge is -2.20. The molecule has 17 nitrogen and oxygen atoms in total. The van der Waals surface area contributed by atoms with E-state index in [1.807, 2.05) is 0 Å². The molecule has 6 N–H and O–H groups in total. The molecule has 216 valence electrons. The second kappa shape index (κ2) is 21.6. The Kier molecular flexibility index (Phi) is 19.6. The molecule has 0 bridgehead atoms. The summed E-state index contributed by atoms with van der Waals surface area (Å²) < 4.78 is 21.1. The van der Waals surface area contributed by atoms with Crippen LogP contribution in [0.2, 0.25) is 0 Å². The second-order valence-electron chi connectivity index (χ2n) is 7.74. The SMILES string of the molecule is C[C@H](NC(=O)CCOCCOCCOCCOCCN=[N+]=[N-])C(=O)N[C@@H](C)C(=O)N[C@@H](CC(N)=O)C(=O)O. The largest absolute Gasteiger partial charge is 0.480 e.